The van der Waals surface area contributed by atoms with Gasteiger partial charge in [0, 0.05) is 36.8 Å². The first-order valence-electron chi connectivity index (χ1n) is 7.68. The van der Waals surface area contributed by atoms with E-state index < -0.39 is 6.10 Å². The molecule has 1 aromatic carbocycles. The predicted molar refractivity (Wildman–Crippen MR) is 78.4 cm³/mol. The summed E-state index contributed by atoms with van der Waals surface area (Å²) in [4.78, 5) is 11.1. The number of ketones is 1. The van der Waals surface area contributed by atoms with Gasteiger partial charge in [-0.05, 0) is 25.3 Å². The summed E-state index contributed by atoms with van der Waals surface area (Å²) in [5.74, 6) is 1.08. The molecule has 0 radical (unpaired) electrons. The molecule has 0 aromatic heterocycles. The summed E-state index contributed by atoms with van der Waals surface area (Å²) in [5, 5.41) is 19.5. The van der Waals surface area contributed by atoms with E-state index in [9.17, 15) is 15.0 Å². The molecule has 21 heavy (non-hydrogen) atoms. The van der Waals surface area contributed by atoms with Crippen molar-refractivity contribution in [2.24, 2.45) is 5.92 Å². The molecule has 4 atom stereocenters. The normalized spacial score (nSPS) is 29.9. The Morgan fingerprint density at radius 2 is 2.24 bits per heavy atom. The van der Waals surface area contributed by atoms with Crippen LogP contribution in [0.25, 0.3) is 0 Å². The quantitative estimate of drug-likeness (QED) is 0.868. The largest absolute Gasteiger partial charge is 0.489 e. The molecule has 1 aliphatic heterocycles. The third-order valence-electron chi connectivity index (χ3n) is 4.77. The Morgan fingerprint density at radius 3 is 2.95 bits per heavy atom. The van der Waals surface area contributed by atoms with Gasteiger partial charge < -0.3 is 19.7 Å². The summed E-state index contributed by atoms with van der Waals surface area (Å²) >= 11 is 0. The first kappa shape index (κ1) is 14.5. The zero-order chi connectivity index (χ0) is 15.0. The highest BCUT2D eigenvalue weighted by atomic mass is 16.5. The highest BCUT2D eigenvalue weighted by molar-refractivity contribution is 5.75. The number of Topliss-reactive ketones (excluding diaryl/α,β-unsaturated/α-hetero) is 1. The van der Waals surface area contributed by atoms with Crippen molar-refractivity contribution in [2.75, 3.05) is 6.61 Å². The highest BCUT2D eigenvalue weighted by Gasteiger charge is 2.49. The van der Waals surface area contributed by atoms with Gasteiger partial charge in [-0.1, -0.05) is 18.2 Å². The summed E-state index contributed by atoms with van der Waals surface area (Å²) < 4.78 is 6.07. The van der Waals surface area contributed by atoms with Crippen molar-refractivity contribution in [3.8, 4) is 5.75 Å². The molecule has 1 unspecified atom stereocenters. The van der Waals surface area contributed by atoms with Gasteiger partial charge in [-0.2, -0.15) is 0 Å². The molecule has 2 aliphatic rings. The molecule has 0 bridgehead atoms. The molecule has 0 saturated heterocycles. The average Bonchev–Trinajstić information content (AvgIpc) is 2.93. The Bertz CT molecular complexity index is 540. The molecule has 1 fully saturated rings. The van der Waals surface area contributed by atoms with Gasteiger partial charge in [-0.3, -0.25) is 0 Å². The van der Waals surface area contributed by atoms with E-state index in [4.69, 9.17) is 4.74 Å². The molecule has 1 aliphatic carbocycles. The van der Waals surface area contributed by atoms with Crippen molar-refractivity contribution in [1.29, 1.82) is 0 Å². The lowest BCUT2D eigenvalue weighted by Gasteiger charge is -2.18. The van der Waals surface area contributed by atoms with Crippen LogP contribution in [0.2, 0.25) is 0 Å². The molecule has 0 spiro atoms. The second-order valence-corrected chi connectivity index (χ2v) is 6.22. The van der Waals surface area contributed by atoms with Gasteiger partial charge >= 0.3 is 0 Å². The van der Waals surface area contributed by atoms with E-state index >= 15 is 0 Å². The summed E-state index contributed by atoms with van der Waals surface area (Å²) in [5.41, 5.74) is 2.24. The van der Waals surface area contributed by atoms with Crippen molar-refractivity contribution >= 4 is 5.78 Å². The van der Waals surface area contributed by atoms with Crippen LogP contribution < -0.4 is 4.74 Å². The zero-order valence-electron chi connectivity index (χ0n) is 12.3. The fraction of sp³-hybridized carbons (Fsp3) is 0.588. The number of carbonyl (C=O) groups is 1. The molecule has 4 nitrogen and oxygen atoms in total. The molecule has 114 valence electrons. The Morgan fingerprint density at radius 1 is 1.43 bits per heavy atom. The number of ether oxygens (including phenoxy) is 1. The molecule has 4 heteroatoms. The fourth-order valence-corrected chi connectivity index (χ4v) is 3.75. The highest BCUT2D eigenvalue weighted by Crippen LogP contribution is 2.51. The number of hydrogen-bond acceptors (Lipinski definition) is 4. The van der Waals surface area contributed by atoms with Crippen LogP contribution in [0.5, 0.6) is 5.75 Å². The van der Waals surface area contributed by atoms with Crippen LogP contribution in [0, 0.1) is 5.92 Å². The second-order valence-electron chi connectivity index (χ2n) is 6.22. The summed E-state index contributed by atoms with van der Waals surface area (Å²) in [6.45, 7) is 1.60. The maximum absolute atomic E-state index is 11.1. The third kappa shape index (κ3) is 2.58. The van der Waals surface area contributed by atoms with E-state index in [1.807, 2.05) is 18.2 Å². The first-order chi connectivity index (χ1) is 10.1. The predicted octanol–water partition coefficient (Wildman–Crippen LogP) is 1.82. The Hall–Kier alpha value is -1.39. The minimum atomic E-state index is -0.487. The summed E-state index contributed by atoms with van der Waals surface area (Å²) in [6.07, 6.45) is 2.32. The van der Waals surface area contributed by atoms with Gasteiger partial charge in [0.15, 0.2) is 0 Å². The standard InChI is InChI=1S/C17H22O4/c1-10(19)4-2-5-11-6-3-7-12-16-13(9-18)14(20)8-15(16)21-17(11)12/h3,6-7,13-16,18,20H,2,4-5,8-9H2,1H3/t13-,14+,15-,16?/m0/s1. The van der Waals surface area contributed by atoms with E-state index in [1.54, 1.807) is 6.92 Å². The topological polar surface area (TPSA) is 66.8 Å². The first-order valence-corrected chi connectivity index (χ1v) is 7.68. The van der Waals surface area contributed by atoms with E-state index in [1.165, 1.54) is 0 Å². The molecular weight excluding hydrogens is 268 g/mol. The van der Waals surface area contributed by atoms with Crippen molar-refractivity contribution in [1.82, 2.24) is 0 Å². The fourth-order valence-electron chi connectivity index (χ4n) is 3.75. The van der Waals surface area contributed by atoms with Gasteiger partial charge in [-0.25, -0.2) is 0 Å². The Balaban J connectivity index is 1.82. The van der Waals surface area contributed by atoms with Crippen LogP contribution in [0.3, 0.4) is 0 Å². The lowest BCUT2D eigenvalue weighted by molar-refractivity contribution is -0.117. The average molecular weight is 290 g/mol. The van der Waals surface area contributed by atoms with E-state index in [0.29, 0.717) is 12.8 Å². The van der Waals surface area contributed by atoms with Crippen molar-refractivity contribution < 1.29 is 19.7 Å². The van der Waals surface area contributed by atoms with Gasteiger partial charge in [-0.15, -0.1) is 0 Å². The van der Waals surface area contributed by atoms with E-state index in [0.717, 1.165) is 29.7 Å². The Kier molecular flexibility index (Phi) is 4.00. The third-order valence-corrected chi connectivity index (χ3v) is 4.77. The molecule has 3 rings (SSSR count). The number of aryl methyl sites for hydroxylation is 1. The van der Waals surface area contributed by atoms with Crippen LogP contribution in [0.1, 0.15) is 43.2 Å². The van der Waals surface area contributed by atoms with Gasteiger partial charge in [0.2, 0.25) is 0 Å². The van der Waals surface area contributed by atoms with Crippen LogP contribution in [-0.4, -0.2) is 34.8 Å². The number of para-hydroxylation sites is 1. The van der Waals surface area contributed by atoms with Crippen LogP contribution in [-0.2, 0) is 11.2 Å². The van der Waals surface area contributed by atoms with Crippen LogP contribution in [0.15, 0.2) is 18.2 Å². The van der Waals surface area contributed by atoms with Gasteiger partial charge in [0.1, 0.15) is 17.6 Å². The number of fused-ring (bicyclic) bond motifs is 3. The second kappa shape index (κ2) is 5.78. The van der Waals surface area contributed by atoms with Gasteiger partial charge in [0.25, 0.3) is 0 Å². The number of hydrogen-bond donors (Lipinski definition) is 2. The van der Waals surface area contributed by atoms with Crippen molar-refractivity contribution in [2.45, 2.75) is 50.7 Å². The summed E-state index contributed by atoms with van der Waals surface area (Å²) in [6, 6.07) is 6.09. The zero-order valence-corrected chi connectivity index (χ0v) is 12.3. The Labute approximate surface area is 124 Å². The molecule has 1 heterocycles. The molecule has 1 saturated carbocycles. The number of aliphatic hydroxyl groups is 2. The van der Waals surface area contributed by atoms with E-state index in [-0.39, 0.29) is 30.3 Å². The molecular formula is C17H22O4. The van der Waals surface area contributed by atoms with Crippen molar-refractivity contribution in [3.63, 3.8) is 0 Å². The number of benzene rings is 1. The van der Waals surface area contributed by atoms with E-state index in [2.05, 4.69) is 0 Å². The maximum atomic E-state index is 11.1. The van der Waals surface area contributed by atoms with Gasteiger partial charge in [0.05, 0.1) is 6.10 Å². The number of aliphatic hydroxyl groups excluding tert-OH is 2. The number of rotatable bonds is 5. The van der Waals surface area contributed by atoms with Crippen LogP contribution >= 0.6 is 0 Å². The monoisotopic (exact) mass is 290 g/mol. The lowest BCUT2D eigenvalue weighted by Crippen LogP contribution is -2.22. The smallest absolute Gasteiger partial charge is 0.129 e. The SMILES string of the molecule is CC(=O)CCCc1cccc2c1O[C@H]1C[C@@H](O)[C@H](CO)C21. The molecule has 1 aromatic rings. The minimum Gasteiger partial charge on any atom is -0.489 e. The van der Waals surface area contributed by atoms with Crippen LogP contribution in [0.4, 0.5) is 0 Å². The lowest BCUT2D eigenvalue weighted by atomic mass is 9.87. The molecule has 0 amide bonds. The van der Waals surface area contributed by atoms with Crippen molar-refractivity contribution in [3.05, 3.63) is 29.3 Å². The minimum absolute atomic E-state index is 0.0142. The molecule has 2 N–H and O–H groups in total. The number of carbonyl (C=O) groups excluding carboxylic acids is 1. The summed E-state index contributed by atoms with van der Waals surface area (Å²) in [7, 11) is 0. The maximum Gasteiger partial charge on any atom is 0.129 e.